The average Bonchev–Trinajstić information content (AvgIpc) is 3.09. The van der Waals surface area contributed by atoms with E-state index in [0.29, 0.717) is 6.54 Å². The second-order valence-corrected chi connectivity index (χ2v) is 8.50. The predicted octanol–water partition coefficient (Wildman–Crippen LogP) is 3.04. The van der Waals surface area contributed by atoms with Crippen LogP contribution in [-0.4, -0.2) is 72.5 Å². The van der Waals surface area contributed by atoms with Crippen LogP contribution < -0.4 is 4.90 Å². The third kappa shape index (κ3) is 4.06. The van der Waals surface area contributed by atoms with Gasteiger partial charge in [0.25, 0.3) is 0 Å². The van der Waals surface area contributed by atoms with Crippen molar-refractivity contribution in [1.29, 1.82) is 0 Å². The molecule has 3 heterocycles. The number of benzene rings is 1. The highest BCUT2D eigenvalue weighted by atomic mass is 127. The smallest absolute Gasteiger partial charge is 0.240 e. The van der Waals surface area contributed by atoms with Crippen LogP contribution in [0.25, 0.3) is 22.2 Å². The van der Waals surface area contributed by atoms with Gasteiger partial charge in [0.05, 0.1) is 6.54 Å². The topological polar surface area (TPSA) is 55.5 Å². The molecule has 0 spiro atoms. The van der Waals surface area contributed by atoms with Gasteiger partial charge in [-0.3, -0.25) is 9.69 Å². The number of piperazine rings is 1. The highest BCUT2D eigenvalue weighted by molar-refractivity contribution is 14.1. The molecule has 6 nitrogen and oxygen atoms in total. The first kappa shape index (κ1) is 19.4. The number of likely N-dealkylation sites (N-methyl/N-ethyl adjacent to an activating group) is 2. The maximum atomic E-state index is 12.7. The summed E-state index contributed by atoms with van der Waals surface area (Å²) in [5, 5.41) is 1.13. The summed E-state index contributed by atoms with van der Waals surface area (Å²) < 4.78 is 1.16. The Hall–Kier alpha value is -1.97. The molecule has 2 aromatic heterocycles. The van der Waals surface area contributed by atoms with Crippen LogP contribution in [0, 0.1) is 3.57 Å². The van der Waals surface area contributed by atoms with E-state index in [0.717, 1.165) is 57.6 Å². The van der Waals surface area contributed by atoms with Gasteiger partial charge in [-0.15, -0.1) is 0 Å². The summed E-state index contributed by atoms with van der Waals surface area (Å²) in [6, 6.07) is 10.3. The molecule has 0 unspecified atom stereocenters. The number of aromatic nitrogens is 2. The van der Waals surface area contributed by atoms with E-state index >= 15 is 0 Å². The SMILES string of the molecule is CN1CCN(CC(=O)N(C)c2ccc(-c3cnc4[nH]cc(I)c4c3)cc2)CC1. The molecule has 1 saturated heterocycles. The predicted molar refractivity (Wildman–Crippen MR) is 122 cm³/mol. The molecule has 0 bridgehead atoms. The minimum absolute atomic E-state index is 0.127. The van der Waals surface area contributed by atoms with Gasteiger partial charge in [-0.05, 0) is 53.4 Å². The fourth-order valence-corrected chi connectivity index (χ4v) is 4.02. The van der Waals surface area contributed by atoms with Crippen molar-refractivity contribution in [3.05, 3.63) is 46.3 Å². The molecule has 7 heteroatoms. The number of rotatable bonds is 4. The number of hydrogen-bond acceptors (Lipinski definition) is 4. The van der Waals surface area contributed by atoms with Gasteiger partial charge in [0.2, 0.25) is 5.91 Å². The Labute approximate surface area is 178 Å². The number of halogens is 1. The van der Waals surface area contributed by atoms with Gasteiger partial charge in [0, 0.05) is 65.8 Å². The van der Waals surface area contributed by atoms with Gasteiger partial charge < -0.3 is 14.8 Å². The van der Waals surface area contributed by atoms with Crippen molar-refractivity contribution < 1.29 is 4.79 Å². The molecule has 4 rings (SSSR count). The highest BCUT2D eigenvalue weighted by Crippen LogP contribution is 2.27. The molecule has 1 aliphatic heterocycles. The first-order chi connectivity index (χ1) is 13.5. The molecule has 1 aliphatic rings. The molecule has 28 heavy (non-hydrogen) atoms. The van der Waals surface area contributed by atoms with Crippen LogP contribution in [0.4, 0.5) is 5.69 Å². The number of pyridine rings is 1. The zero-order valence-electron chi connectivity index (χ0n) is 16.2. The van der Waals surface area contributed by atoms with Crippen molar-refractivity contribution in [3.63, 3.8) is 0 Å². The van der Waals surface area contributed by atoms with Gasteiger partial charge in [0.15, 0.2) is 0 Å². The van der Waals surface area contributed by atoms with Crippen LogP contribution in [0.15, 0.2) is 42.7 Å². The Balaban J connectivity index is 1.45. The van der Waals surface area contributed by atoms with E-state index in [2.05, 4.69) is 67.6 Å². The van der Waals surface area contributed by atoms with E-state index in [1.54, 1.807) is 4.90 Å². The largest absolute Gasteiger partial charge is 0.345 e. The first-order valence-corrected chi connectivity index (χ1v) is 10.5. The maximum Gasteiger partial charge on any atom is 0.240 e. The summed E-state index contributed by atoms with van der Waals surface area (Å²) in [6.45, 7) is 4.40. The molecule has 1 N–H and O–H groups in total. The lowest BCUT2D eigenvalue weighted by Gasteiger charge is -2.32. The third-order valence-electron chi connectivity index (χ3n) is 5.40. The molecule has 0 atom stereocenters. The maximum absolute atomic E-state index is 12.7. The van der Waals surface area contributed by atoms with Gasteiger partial charge in [-0.2, -0.15) is 0 Å². The second-order valence-electron chi connectivity index (χ2n) is 7.34. The number of fused-ring (bicyclic) bond motifs is 1. The third-order valence-corrected chi connectivity index (χ3v) is 6.29. The minimum atomic E-state index is 0.127. The average molecular weight is 489 g/mol. The fourth-order valence-electron chi connectivity index (χ4n) is 3.45. The normalized spacial score (nSPS) is 15.8. The van der Waals surface area contributed by atoms with Crippen molar-refractivity contribution in [2.24, 2.45) is 0 Å². The van der Waals surface area contributed by atoms with Crippen molar-refractivity contribution in [2.45, 2.75) is 0 Å². The Morgan fingerprint density at radius 2 is 1.89 bits per heavy atom. The fraction of sp³-hybridized carbons (Fsp3) is 0.333. The molecule has 1 fully saturated rings. The summed E-state index contributed by atoms with van der Waals surface area (Å²) in [5.74, 6) is 0.127. The lowest BCUT2D eigenvalue weighted by molar-refractivity contribution is -0.119. The molecular weight excluding hydrogens is 465 g/mol. The lowest BCUT2D eigenvalue weighted by atomic mass is 10.1. The van der Waals surface area contributed by atoms with Crippen LogP contribution in [0.3, 0.4) is 0 Å². The van der Waals surface area contributed by atoms with E-state index in [-0.39, 0.29) is 5.91 Å². The number of hydrogen-bond donors (Lipinski definition) is 1. The molecule has 146 valence electrons. The number of nitrogens with one attached hydrogen (secondary N) is 1. The monoisotopic (exact) mass is 489 g/mol. The van der Waals surface area contributed by atoms with Gasteiger partial charge in [0.1, 0.15) is 5.65 Å². The molecular formula is C21H24IN5O. The summed E-state index contributed by atoms with van der Waals surface area (Å²) in [4.78, 5) is 26.6. The van der Waals surface area contributed by atoms with E-state index < -0.39 is 0 Å². The number of H-pyrrole nitrogens is 1. The molecule has 0 saturated carbocycles. The summed E-state index contributed by atoms with van der Waals surface area (Å²) in [7, 11) is 3.97. The van der Waals surface area contributed by atoms with Crippen LogP contribution in [-0.2, 0) is 4.79 Å². The summed E-state index contributed by atoms with van der Waals surface area (Å²) in [6.07, 6.45) is 3.85. The first-order valence-electron chi connectivity index (χ1n) is 9.42. The number of aromatic amines is 1. The number of carbonyl (C=O) groups excluding carboxylic acids is 1. The summed E-state index contributed by atoms with van der Waals surface area (Å²) in [5.41, 5.74) is 3.98. The van der Waals surface area contributed by atoms with E-state index in [1.165, 1.54) is 0 Å². The van der Waals surface area contributed by atoms with Crippen LogP contribution in [0.1, 0.15) is 0 Å². The van der Waals surface area contributed by atoms with Gasteiger partial charge >= 0.3 is 0 Å². The highest BCUT2D eigenvalue weighted by Gasteiger charge is 2.19. The lowest BCUT2D eigenvalue weighted by Crippen LogP contribution is -2.48. The quantitative estimate of drug-likeness (QED) is 0.573. The van der Waals surface area contributed by atoms with Crippen molar-refractivity contribution in [3.8, 4) is 11.1 Å². The molecule has 1 aromatic carbocycles. The summed E-state index contributed by atoms with van der Waals surface area (Å²) >= 11 is 2.31. The van der Waals surface area contributed by atoms with Crippen molar-refractivity contribution >= 4 is 45.2 Å². The Bertz CT molecular complexity index is 976. The van der Waals surface area contributed by atoms with Gasteiger partial charge in [-0.25, -0.2) is 4.98 Å². The zero-order valence-corrected chi connectivity index (χ0v) is 18.3. The van der Waals surface area contributed by atoms with E-state index in [1.807, 2.05) is 31.6 Å². The Morgan fingerprint density at radius 1 is 1.18 bits per heavy atom. The minimum Gasteiger partial charge on any atom is -0.345 e. The zero-order chi connectivity index (χ0) is 19.7. The van der Waals surface area contributed by atoms with E-state index in [9.17, 15) is 4.79 Å². The van der Waals surface area contributed by atoms with E-state index in [4.69, 9.17) is 0 Å². The van der Waals surface area contributed by atoms with Crippen LogP contribution in [0.2, 0.25) is 0 Å². The molecule has 0 radical (unpaired) electrons. The second kappa shape index (κ2) is 8.18. The number of carbonyl (C=O) groups is 1. The number of anilines is 1. The van der Waals surface area contributed by atoms with Crippen LogP contribution in [0.5, 0.6) is 0 Å². The Kier molecular flexibility index (Phi) is 5.65. The Morgan fingerprint density at radius 3 is 2.61 bits per heavy atom. The van der Waals surface area contributed by atoms with Gasteiger partial charge in [-0.1, -0.05) is 12.1 Å². The molecule has 3 aromatic rings. The number of amides is 1. The standard InChI is InChI=1S/C21H24IN5O/c1-25-7-9-27(10-8-25)14-20(28)26(2)17-5-3-15(4-6-17)16-11-18-19(22)13-24-21(18)23-12-16/h3-6,11-13H,7-10,14H2,1-2H3,(H,23,24). The van der Waals surface area contributed by atoms with Crippen LogP contribution >= 0.6 is 22.6 Å². The molecule has 1 amide bonds. The van der Waals surface area contributed by atoms with Crippen molar-refractivity contribution in [2.75, 3.05) is 51.7 Å². The van der Waals surface area contributed by atoms with Crippen molar-refractivity contribution in [1.82, 2.24) is 19.8 Å². The number of nitrogens with zero attached hydrogens (tertiary/aromatic N) is 4. The molecule has 0 aliphatic carbocycles.